The fourth-order valence-electron chi connectivity index (χ4n) is 1.79. The largest absolute Gasteiger partial charge is 0.489 e. The maximum absolute atomic E-state index is 10.7. The Morgan fingerprint density at radius 1 is 1.64 bits per heavy atom. The van der Waals surface area contributed by atoms with Crippen LogP contribution in [0.4, 0.5) is 0 Å². The van der Waals surface area contributed by atoms with Gasteiger partial charge in [-0.3, -0.25) is 4.79 Å². The Balaban J connectivity index is 2.14. The van der Waals surface area contributed by atoms with Crippen molar-refractivity contribution in [2.24, 2.45) is 5.73 Å². The molecule has 0 aliphatic carbocycles. The Kier molecular flexibility index (Phi) is 2.15. The summed E-state index contributed by atoms with van der Waals surface area (Å²) in [4.78, 5) is 10.7. The van der Waals surface area contributed by atoms with Gasteiger partial charge in [-0.1, -0.05) is 17.7 Å². The maximum Gasteiger partial charge on any atom is 0.221 e. The second kappa shape index (κ2) is 3.33. The molecule has 14 heavy (non-hydrogen) atoms. The number of hydrogen-bond donors (Lipinski definition) is 1. The molecule has 1 atom stereocenters. The summed E-state index contributed by atoms with van der Waals surface area (Å²) in [5, 5.41) is 0. The molecular weight excluding hydrogens is 178 g/mol. The summed E-state index contributed by atoms with van der Waals surface area (Å²) in [6.07, 6.45) is 1.03. The van der Waals surface area contributed by atoms with Crippen molar-refractivity contribution in [1.82, 2.24) is 0 Å². The first-order chi connectivity index (χ1) is 6.65. The summed E-state index contributed by atoms with van der Waals surface area (Å²) >= 11 is 0. The molecule has 1 aliphatic rings. The molecule has 2 N–H and O–H groups in total. The second-order valence-electron chi connectivity index (χ2n) is 3.73. The van der Waals surface area contributed by atoms with E-state index in [-0.39, 0.29) is 12.0 Å². The number of hydrogen-bond acceptors (Lipinski definition) is 2. The summed E-state index contributed by atoms with van der Waals surface area (Å²) in [6, 6.07) is 6.05. The van der Waals surface area contributed by atoms with Gasteiger partial charge < -0.3 is 10.5 Å². The minimum atomic E-state index is -0.306. The van der Waals surface area contributed by atoms with Crippen LogP contribution in [0.2, 0.25) is 0 Å². The van der Waals surface area contributed by atoms with Gasteiger partial charge in [0.05, 0.1) is 6.42 Å². The molecule has 1 aromatic rings. The molecule has 3 heteroatoms. The first-order valence-electron chi connectivity index (χ1n) is 4.69. The molecule has 1 amide bonds. The lowest BCUT2D eigenvalue weighted by Gasteiger charge is -2.06. The average Bonchev–Trinajstić information content (AvgIpc) is 2.44. The van der Waals surface area contributed by atoms with Crippen molar-refractivity contribution >= 4 is 5.91 Å². The lowest BCUT2D eigenvalue weighted by atomic mass is 10.1. The molecule has 0 fully saturated rings. The molecule has 0 spiro atoms. The minimum absolute atomic E-state index is 0.0655. The number of amides is 1. The fraction of sp³-hybridized carbons (Fsp3) is 0.364. The highest BCUT2D eigenvalue weighted by Crippen LogP contribution is 2.30. The summed E-state index contributed by atoms with van der Waals surface area (Å²) in [5.41, 5.74) is 7.51. The van der Waals surface area contributed by atoms with E-state index in [0.717, 1.165) is 12.2 Å². The van der Waals surface area contributed by atoms with Gasteiger partial charge in [-0.25, -0.2) is 0 Å². The van der Waals surface area contributed by atoms with Gasteiger partial charge in [0.1, 0.15) is 11.9 Å². The fourth-order valence-corrected chi connectivity index (χ4v) is 1.79. The molecule has 0 saturated heterocycles. The van der Waals surface area contributed by atoms with E-state index < -0.39 is 0 Å². The lowest BCUT2D eigenvalue weighted by Crippen LogP contribution is -2.23. The molecule has 1 aliphatic heterocycles. The first-order valence-corrected chi connectivity index (χ1v) is 4.69. The molecule has 2 rings (SSSR count). The molecule has 1 unspecified atom stereocenters. The van der Waals surface area contributed by atoms with Gasteiger partial charge >= 0.3 is 0 Å². The Hall–Kier alpha value is -1.51. The number of ether oxygens (including phenoxy) is 1. The van der Waals surface area contributed by atoms with Crippen molar-refractivity contribution in [1.29, 1.82) is 0 Å². The zero-order valence-corrected chi connectivity index (χ0v) is 8.12. The Morgan fingerprint density at radius 3 is 3.14 bits per heavy atom. The van der Waals surface area contributed by atoms with E-state index in [4.69, 9.17) is 10.5 Å². The summed E-state index contributed by atoms with van der Waals surface area (Å²) in [5.74, 6) is 0.585. The van der Waals surface area contributed by atoms with E-state index in [1.54, 1.807) is 0 Å². The number of primary amides is 1. The number of carbonyl (C=O) groups is 1. The normalized spacial score (nSPS) is 18.8. The molecule has 1 heterocycles. The van der Waals surface area contributed by atoms with Gasteiger partial charge in [0, 0.05) is 6.42 Å². The van der Waals surface area contributed by atoms with Crippen LogP contribution in [0, 0.1) is 6.92 Å². The van der Waals surface area contributed by atoms with Crippen LogP contribution in [0.3, 0.4) is 0 Å². The number of carbonyl (C=O) groups excluding carboxylic acids is 1. The number of benzene rings is 1. The van der Waals surface area contributed by atoms with Crippen LogP contribution in [-0.2, 0) is 11.2 Å². The predicted molar refractivity (Wildman–Crippen MR) is 53.1 cm³/mol. The minimum Gasteiger partial charge on any atom is -0.489 e. The molecule has 0 saturated carbocycles. The van der Waals surface area contributed by atoms with Gasteiger partial charge in [0.15, 0.2) is 0 Å². The Bertz CT molecular complexity index is 374. The van der Waals surface area contributed by atoms with Gasteiger partial charge in [-0.2, -0.15) is 0 Å². The predicted octanol–water partition coefficient (Wildman–Crippen LogP) is 1.17. The van der Waals surface area contributed by atoms with Crippen LogP contribution in [0.15, 0.2) is 18.2 Å². The number of nitrogens with two attached hydrogens (primary N) is 1. The van der Waals surface area contributed by atoms with E-state index in [0.29, 0.717) is 6.42 Å². The van der Waals surface area contributed by atoms with Gasteiger partial charge in [0.25, 0.3) is 0 Å². The van der Waals surface area contributed by atoms with Crippen LogP contribution in [-0.4, -0.2) is 12.0 Å². The zero-order valence-electron chi connectivity index (χ0n) is 8.12. The zero-order chi connectivity index (χ0) is 10.1. The Labute approximate surface area is 82.9 Å². The maximum atomic E-state index is 10.7. The van der Waals surface area contributed by atoms with Crippen molar-refractivity contribution in [3.8, 4) is 5.75 Å². The van der Waals surface area contributed by atoms with Crippen LogP contribution in [0.5, 0.6) is 5.75 Å². The van der Waals surface area contributed by atoms with E-state index in [2.05, 4.69) is 6.07 Å². The molecular formula is C11H13NO2. The quantitative estimate of drug-likeness (QED) is 0.763. The van der Waals surface area contributed by atoms with E-state index in [1.165, 1.54) is 11.1 Å². The van der Waals surface area contributed by atoms with Crippen LogP contribution < -0.4 is 10.5 Å². The summed E-state index contributed by atoms with van der Waals surface area (Å²) < 4.78 is 5.57. The molecule has 3 nitrogen and oxygen atoms in total. The SMILES string of the molecule is Cc1ccc2c(c1)CC(CC(N)=O)O2. The lowest BCUT2D eigenvalue weighted by molar-refractivity contribution is -0.119. The summed E-state index contributed by atoms with van der Waals surface area (Å²) in [6.45, 7) is 2.04. The average molecular weight is 191 g/mol. The van der Waals surface area contributed by atoms with Crippen molar-refractivity contribution in [3.63, 3.8) is 0 Å². The van der Waals surface area contributed by atoms with Crippen molar-refractivity contribution < 1.29 is 9.53 Å². The highest BCUT2D eigenvalue weighted by molar-refractivity contribution is 5.74. The molecule has 0 bridgehead atoms. The third kappa shape index (κ3) is 1.71. The topological polar surface area (TPSA) is 52.3 Å². The smallest absolute Gasteiger partial charge is 0.221 e. The van der Waals surface area contributed by atoms with E-state index >= 15 is 0 Å². The molecule has 74 valence electrons. The van der Waals surface area contributed by atoms with Gasteiger partial charge in [0.2, 0.25) is 5.91 Å². The third-order valence-corrected chi connectivity index (χ3v) is 2.39. The summed E-state index contributed by atoms with van der Waals surface area (Å²) in [7, 11) is 0. The first kappa shape index (κ1) is 9.06. The monoisotopic (exact) mass is 191 g/mol. The van der Waals surface area contributed by atoms with Gasteiger partial charge in [-0.05, 0) is 18.6 Å². The van der Waals surface area contributed by atoms with Crippen LogP contribution in [0.25, 0.3) is 0 Å². The highest BCUT2D eigenvalue weighted by atomic mass is 16.5. The third-order valence-electron chi connectivity index (χ3n) is 2.39. The van der Waals surface area contributed by atoms with E-state index in [9.17, 15) is 4.79 Å². The molecule has 0 aromatic heterocycles. The van der Waals surface area contributed by atoms with Crippen molar-refractivity contribution in [3.05, 3.63) is 29.3 Å². The van der Waals surface area contributed by atoms with Crippen molar-refractivity contribution in [2.45, 2.75) is 25.9 Å². The van der Waals surface area contributed by atoms with Crippen LogP contribution >= 0.6 is 0 Å². The molecule has 1 aromatic carbocycles. The van der Waals surface area contributed by atoms with E-state index in [1.807, 2.05) is 19.1 Å². The van der Waals surface area contributed by atoms with Gasteiger partial charge in [-0.15, -0.1) is 0 Å². The number of fused-ring (bicyclic) bond motifs is 1. The standard InChI is InChI=1S/C11H13NO2/c1-7-2-3-10-8(4-7)5-9(14-10)6-11(12)13/h2-4,9H,5-6H2,1H3,(H2,12,13). The molecule has 0 radical (unpaired) electrons. The number of rotatable bonds is 2. The van der Waals surface area contributed by atoms with Crippen molar-refractivity contribution in [2.75, 3.05) is 0 Å². The second-order valence-corrected chi connectivity index (χ2v) is 3.73. The Morgan fingerprint density at radius 2 is 2.43 bits per heavy atom. The van der Waals surface area contributed by atoms with Crippen LogP contribution in [0.1, 0.15) is 17.5 Å². The number of aryl methyl sites for hydroxylation is 1. The highest BCUT2D eigenvalue weighted by Gasteiger charge is 2.23.